The van der Waals surface area contributed by atoms with Gasteiger partial charge in [0.25, 0.3) is 0 Å². The number of anilines is 1. The molecule has 3 aromatic rings. The van der Waals surface area contributed by atoms with Gasteiger partial charge in [-0.1, -0.05) is 54.6 Å². The smallest absolute Gasteiger partial charge is 0.230 e. The van der Waals surface area contributed by atoms with Crippen LogP contribution in [0.1, 0.15) is 15.9 Å². The quantitative estimate of drug-likeness (QED) is 0.496. The Balaban J connectivity index is 1.86. The van der Waals surface area contributed by atoms with E-state index in [4.69, 9.17) is 0 Å². The number of carbonyl (C=O) groups excluding carboxylic acids is 1. The third-order valence-electron chi connectivity index (χ3n) is 3.63. The topological polar surface area (TPSA) is 63.2 Å². The van der Waals surface area contributed by atoms with E-state index in [2.05, 4.69) is 4.72 Å². The van der Waals surface area contributed by atoms with Crippen molar-refractivity contribution in [1.82, 2.24) is 0 Å². The summed E-state index contributed by atoms with van der Waals surface area (Å²) in [4.78, 5) is 12.5. The first kappa shape index (κ1) is 18.1. The summed E-state index contributed by atoms with van der Waals surface area (Å²) in [5, 5.41) is 2.35. The fourth-order valence-corrected chi connectivity index (χ4v) is 4.20. The molecule has 0 aliphatic heterocycles. The molecule has 0 atom stereocenters. The van der Waals surface area contributed by atoms with Crippen LogP contribution in [0, 0.1) is 0 Å². The highest BCUT2D eigenvalue weighted by Gasteiger charge is 2.12. The second kappa shape index (κ2) is 7.68. The molecular formula is C20H17NO3S2. The molecule has 26 heavy (non-hydrogen) atoms. The lowest BCUT2D eigenvalue weighted by molar-refractivity contribution is 0.104. The lowest BCUT2D eigenvalue weighted by atomic mass is 10.0. The number of sulfonamides is 1. The first-order valence-corrected chi connectivity index (χ1v) is 10.6. The van der Waals surface area contributed by atoms with Crippen LogP contribution in [0.3, 0.4) is 0 Å². The summed E-state index contributed by atoms with van der Waals surface area (Å²) in [6.45, 7) is 0. The van der Waals surface area contributed by atoms with E-state index in [1.807, 2.05) is 47.8 Å². The van der Waals surface area contributed by atoms with Gasteiger partial charge in [0.1, 0.15) is 5.00 Å². The number of hydrogen-bond acceptors (Lipinski definition) is 4. The Morgan fingerprint density at radius 1 is 1.04 bits per heavy atom. The molecule has 3 rings (SSSR count). The molecule has 0 radical (unpaired) electrons. The standard InChI is InChI=1S/C20H17NO3S2/c1-26(23,24)21-20-18(12-13-25-20)16-8-5-9-17(14-16)19(22)11-10-15-6-3-2-4-7-15/h2-14,21H,1H3/b11-10+. The van der Waals surface area contributed by atoms with Gasteiger partial charge in [0.2, 0.25) is 10.0 Å². The second-order valence-corrected chi connectivity index (χ2v) is 8.39. The Labute approximate surface area is 156 Å². The minimum atomic E-state index is -3.36. The minimum absolute atomic E-state index is 0.108. The van der Waals surface area contributed by atoms with Crippen molar-refractivity contribution in [3.8, 4) is 11.1 Å². The highest BCUT2D eigenvalue weighted by molar-refractivity contribution is 7.92. The molecule has 0 amide bonds. The number of hydrogen-bond donors (Lipinski definition) is 1. The molecule has 2 aromatic carbocycles. The van der Waals surface area contributed by atoms with E-state index in [-0.39, 0.29) is 5.78 Å². The largest absolute Gasteiger partial charge is 0.289 e. The zero-order valence-corrected chi connectivity index (χ0v) is 15.7. The van der Waals surface area contributed by atoms with Crippen LogP contribution in [0.2, 0.25) is 0 Å². The predicted octanol–water partition coefficient (Wildman–Crippen LogP) is 4.68. The molecule has 0 aliphatic rings. The van der Waals surface area contributed by atoms with Gasteiger partial charge >= 0.3 is 0 Å². The summed E-state index contributed by atoms with van der Waals surface area (Å²) in [6, 6.07) is 18.6. The van der Waals surface area contributed by atoms with E-state index in [0.29, 0.717) is 10.6 Å². The molecule has 0 fully saturated rings. The van der Waals surface area contributed by atoms with E-state index in [1.54, 1.807) is 24.3 Å². The Morgan fingerprint density at radius 2 is 1.81 bits per heavy atom. The van der Waals surface area contributed by atoms with Crippen LogP contribution < -0.4 is 4.72 Å². The Morgan fingerprint density at radius 3 is 2.54 bits per heavy atom. The van der Waals surface area contributed by atoms with Crippen molar-refractivity contribution in [3.05, 3.63) is 83.2 Å². The zero-order chi connectivity index (χ0) is 18.6. The maximum absolute atomic E-state index is 12.5. The monoisotopic (exact) mass is 383 g/mol. The van der Waals surface area contributed by atoms with Gasteiger partial charge in [0, 0.05) is 11.1 Å². The molecule has 0 unspecified atom stereocenters. The van der Waals surface area contributed by atoms with Crippen LogP contribution in [0.4, 0.5) is 5.00 Å². The summed E-state index contributed by atoms with van der Waals surface area (Å²) in [7, 11) is -3.36. The van der Waals surface area contributed by atoms with Gasteiger partial charge in [-0.15, -0.1) is 11.3 Å². The molecule has 0 bridgehead atoms. The fraction of sp³-hybridized carbons (Fsp3) is 0.0500. The van der Waals surface area contributed by atoms with Crippen LogP contribution >= 0.6 is 11.3 Å². The summed E-state index contributed by atoms with van der Waals surface area (Å²) in [6.07, 6.45) is 4.43. The van der Waals surface area contributed by atoms with Crippen molar-refractivity contribution in [3.63, 3.8) is 0 Å². The number of allylic oxidation sites excluding steroid dienone is 1. The molecule has 0 aliphatic carbocycles. The summed E-state index contributed by atoms with van der Waals surface area (Å²) in [5.74, 6) is -0.108. The van der Waals surface area contributed by atoms with Gasteiger partial charge in [-0.2, -0.15) is 0 Å². The lowest BCUT2D eigenvalue weighted by Crippen LogP contribution is -2.08. The molecule has 6 heteroatoms. The zero-order valence-electron chi connectivity index (χ0n) is 14.0. The maximum atomic E-state index is 12.5. The number of nitrogens with one attached hydrogen (secondary N) is 1. The van der Waals surface area contributed by atoms with Crippen LogP contribution in [-0.2, 0) is 10.0 Å². The van der Waals surface area contributed by atoms with Gasteiger partial charge in [0.15, 0.2) is 5.78 Å². The number of rotatable bonds is 6. The van der Waals surface area contributed by atoms with Crippen molar-refractivity contribution in [2.24, 2.45) is 0 Å². The first-order chi connectivity index (χ1) is 12.4. The third-order valence-corrected chi connectivity index (χ3v) is 5.16. The van der Waals surface area contributed by atoms with Crippen LogP contribution in [-0.4, -0.2) is 20.5 Å². The summed E-state index contributed by atoms with van der Waals surface area (Å²) in [5.41, 5.74) is 3.04. The Bertz CT molecular complexity index is 1050. The van der Waals surface area contributed by atoms with Gasteiger partial charge in [-0.05, 0) is 34.7 Å². The molecule has 1 aromatic heterocycles. The van der Waals surface area contributed by atoms with Crippen LogP contribution in [0.25, 0.3) is 17.2 Å². The van der Waals surface area contributed by atoms with Crippen molar-refractivity contribution < 1.29 is 13.2 Å². The lowest BCUT2D eigenvalue weighted by Gasteiger charge is -2.07. The average Bonchev–Trinajstić information content (AvgIpc) is 3.07. The van der Waals surface area contributed by atoms with Crippen LogP contribution in [0.15, 0.2) is 72.1 Å². The Hall–Kier alpha value is -2.70. The van der Waals surface area contributed by atoms with Crippen molar-refractivity contribution >= 4 is 38.2 Å². The van der Waals surface area contributed by atoms with Gasteiger partial charge < -0.3 is 0 Å². The van der Waals surface area contributed by atoms with Gasteiger partial charge in [-0.25, -0.2) is 8.42 Å². The van der Waals surface area contributed by atoms with E-state index in [1.165, 1.54) is 17.4 Å². The van der Waals surface area contributed by atoms with E-state index in [0.717, 1.165) is 22.9 Å². The number of carbonyl (C=O) groups is 1. The van der Waals surface area contributed by atoms with Crippen LogP contribution in [0.5, 0.6) is 0 Å². The number of benzene rings is 2. The third kappa shape index (κ3) is 4.68. The molecule has 1 N–H and O–H groups in total. The Kier molecular flexibility index (Phi) is 5.35. The first-order valence-electron chi connectivity index (χ1n) is 7.85. The van der Waals surface area contributed by atoms with E-state index in [9.17, 15) is 13.2 Å². The molecule has 0 spiro atoms. The summed E-state index contributed by atoms with van der Waals surface area (Å²) >= 11 is 1.30. The average molecular weight is 383 g/mol. The molecule has 132 valence electrons. The number of ketones is 1. The maximum Gasteiger partial charge on any atom is 0.230 e. The van der Waals surface area contributed by atoms with E-state index < -0.39 is 10.0 Å². The highest BCUT2D eigenvalue weighted by Crippen LogP contribution is 2.34. The van der Waals surface area contributed by atoms with Crippen molar-refractivity contribution in [1.29, 1.82) is 0 Å². The highest BCUT2D eigenvalue weighted by atomic mass is 32.2. The van der Waals surface area contributed by atoms with Crippen molar-refractivity contribution in [2.45, 2.75) is 0 Å². The molecular weight excluding hydrogens is 366 g/mol. The fourth-order valence-electron chi connectivity index (χ4n) is 2.46. The minimum Gasteiger partial charge on any atom is -0.289 e. The van der Waals surface area contributed by atoms with Crippen molar-refractivity contribution in [2.75, 3.05) is 11.0 Å². The molecule has 0 saturated heterocycles. The normalized spacial score (nSPS) is 11.6. The summed E-state index contributed by atoms with van der Waals surface area (Å²) < 4.78 is 25.5. The molecule has 1 heterocycles. The second-order valence-electron chi connectivity index (χ2n) is 5.73. The van der Waals surface area contributed by atoms with Gasteiger partial charge in [-0.3, -0.25) is 9.52 Å². The predicted molar refractivity (Wildman–Crippen MR) is 108 cm³/mol. The molecule has 0 saturated carbocycles. The molecule has 4 nitrogen and oxygen atoms in total. The SMILES string of the molecule is CS(=O)(=O)Nc1sccc1-c1cccc(C(=O)/C=C/c2ccccc2)c1. The van der Waals surface area contributed by atoms with E-state index >= 15 is 0 Å². The number of thiophene rings is 1. The van der Waals surface area contributed by atoms with Gasteiger partial charge in [0.05, 0.1) is 6.26 Å².